The Morgan fingerprint density at radius 3 is 2.75 bits per heavy atom. The number of carbonyl (C=O) groups excluding carboxylic acids is 3. The first kappa shape index (κ1) is 20.3. The number of piperidine rings is 1. The molecule has 1 aromatic rings. The van der Waals surface area contributed by atoms with Crippen LogP contribution in [0.1, 0.15) is 40.5 Å². The minimum atomic E-state index is -1.00. The molecule has 1 N–H and O–H groups in total. The van der Waals surface area contributed by atoms with E-state index in [1.165, 1.54) is 0 Å². The van der Waals surface area contributed by atoms with Crippen molar-refractivity contribution in [3.05, 3.63) is 24.3 Å². The number of hydrogen-bond donors (Lipinski definition) is 1. The van der Waals surface area contributed by atoms with Crippen LogP contribution in [0, 0.1) is 5.92 Å². The molecular formula is C21H29N3O4. The molecule has 7 nitrogen and oxygen atoms in total. The van der Waals surface area contributed by atoms with Crippen molar-refractivity contribution in [2.75, 3.05) is 29.9 Å². The third-order valence-corrected chi connectivity index (χ3v) is 5.71. The van der Waals surface area contributed by atoms with E-state index in [1.54, 1.807) is 31.7 Å². The summed E-state index contributed by atoms with van der Waals surface area (Å²) in [6.45, 7) is 8.74. The van der Waals surface area contributed by atoms with Gasteiger partial charge in [-0.05, 0) is 59.2 Å². The largest absolute Gasteiger partial charge is 0.466 e. The molecule has 2 aliphatic rings. The highest BCUT2D eigenvalue weighted by atomic mass is 16.5. The molecule has 1 aromatic carbocycles. The fourth-order valence-electron chi connectivity index (χ4n) is 4.00. The molecule has 7 heteroatoms. The van der Waals surface area contributed by atoms with Crippen molar-refractivity contribution < 1.29 is 19.1 Å². The third-order valence-electron chi connectivity index (χ3n) is 5.71. The molecule has 1 fully saturated rings. The molecule has 2 aliphatic heterocycles. The average molecular weight is 387 g/mol. The van der Waals surface area contributed by atoms with Crippen LogP contribution in [0.4, 0.5) is 11.4 Å². The Kier molecular flexibility index (Phi) is 5.74. The van der Waals surface area contributed by atoms with Crippen LogP contribution in [0.15, 0.2) is 24.3 Å². The zero-order valence-electron chi connectivity index (χ0n) is 17.0. The molecule has 0 aromatic heterocycles. The Morgan fingerprint density at radius 2 is 2.04 bits per heavy atom. The zero-order valence-corrected chi connectivity index (χ0v) is 17.0. The molecule has 2 atom stereocenters. The van der Waals surface area contributed by atoms with Gasteiger partial charge in [-0.2, -0.15) is 0 Å². The quantitative estimate of drug-likeness (QED) is 0.803. The van der Waals surface area contributed by atoms with Crippen molar-refractivity contribution in [2.45, 2.75) is 52.1 Å². The van der Waals surface area contributed by atoms with Gasteiger partial charge in [-0.15, -0.1) is 0 Å². The Hall–Kier alpha value is -2.41. The molecule has 1 saturated heterocycles. The van der Waals surface area contributed by atoms with E-state index in [2.05, 4.69) is 5.32 Å². The number of fused-ring (bicyclic) bond motifs is 1. The maximum absolute atomic E-state index is 13.5. The molecule has 0 bridgehead atoms. The normalized spacial score (nSPS) is 22.8. The van der Waals surface area contributed by atoms with Crippen LogP contribution in [0.25, 0.3) is 0 Å². The van der Waals surface area contributed by atoms with Crippen LogP contribution < -0.4 is 10.2 Å². The number of benzene rings is 1. The van der Waals surface area contributed by atoms with E-state index >= 15 is 0 Å². The van der Waals surface area contributed by atoms with E-state index in [4.69, 9.17) is 4.74 Å². The average Bonchev–Trinajstić information content (AvgIpc) is 2.68. The summed E-state index contributed by atoms with van der Waals surface area (Å²) in [4.78, 5) is 41.9. The highest BCUT2D eigenvalue weighted by Gasteiger charge is 2.46. The number of nitrogens with zero attached hydrogens (tertiary/aromatic N) is 2. The summed E-state index contributed by atoms with van der Waals surface area (Å²) in [5.74, 6) is -0.768. The number of ether oxygens (including phenoxy) is 1. The number of carbonyl (C=O) groups is 3. The monoisotopic (exact) mass is 387 g/mol. The summed E-state index contributed by atoms with van der Waals surface area (Å²) < 4.78 is 5.17. The Balaban J connectivity index is 1.84. The summed E-state index contributed by atoms with van der Waals surface area (Å²) in [7, 11) is 0. The third kappa shape index (κ3) is 3.63. The van der Waals surface area contributed by atoms with Crippen LogP contribution in [0.2, 0.25) is 0 Å². The van der Waals surface area contributed by atoms with Gasteiger partial charge in [-0.25, -0.2) is 0 Å². The topological polar surface area (TPSA) is 79.0 Å². The van der Waals surface area contributed by atoms with E-state index in [9.17, 15) is 14.4 Å². The number of anilines is 2. The van der Waals surface area contributed by atoms with Gasteiger partial charge in [-0.1, -0.05) is 12.1 Å². The summed E-state index contributed by atoms with van der Waals surface area (Å²) >= 11 is 0. The predicted octanol–water partition coefficient (Wildman–Crippen LogP) is 2.41. The molecular weight excluding hydrogens is 358 g/mol. The van der Waals surface area contributed by atoms with Crippen molar-refractivity contribution in [3.8, 4) is 0 Å². The molecule has 0 spiro atoms. The van der Waals surface area contributed by atoms with E-state index in [1.807, 2.05) is 30.0 Å². The number of para-hydroxylation sites is 2. The van der Waals surface area contributed by atoms with Gasteiger partial charge in [0.05, 0.1) is 29.9 Å². The van der Waals surface area contributed by atoms with Crippen molar-refractivity contribution in [1.82, 2.24) is 4.90 Å². The highest BCUT2D eigenvalue weighted by molar-refractivity contribution is 6.15. The number of likely N-dealkylation sites (tertiary alicyclic amines) is 1. The number of amides is 2. The van der Waals surface area contributed by atoms with E-state index in [0.717, 1.165) is 19.4 Å². The lowest BCUT2D eigenvalue weighted by molar-refractivity contribution is -0.150. The van der Waals surface area contributed by atoms with Gasteiger partial charge in [0.15, 0.2) is 0 Å². The molecule has 0 radical (unpaired) electrons. The fourth-order valence-corrected chi connectivity index (χ4v) is 4.00. The lowest BCUT2D eigenvalue weighted by atomic mass is 9.93. The molecule has 2 amide bonds. The second kappa shape index (κ2) is 7.91. The van der Waals surface area contributed by atoms with E-state index in [-0.39, 0.29) is 23.7 Å². The first-order chi connectivity index (χ1) is 13.3. The van der Waals surface area contributed by atoms with Crippen LogP contribution in [-0.4, -0.2) is 54.0 Å². The smallest absolute Gasteiger partial charge is 0.310 e. The van der Waals surface area contributed by atoms with Gasteiger partial charge in [0, 0.05) is 6.54 Å². The summed E-state index contributed by atoms with van der Waals surface area (Å²) in [5.41, 5.74) is 0.328. The fraction of sp³-hybridized carbons (Fsp3) is 0.571. The minimum absolute atomic E-state index is 0.142. The lowest BCUT2D eigenvalue weighted by Gasteiger charge is -2.45. The molecule has 152 valence electrons. The van der Waals surface area contributed by atoms with Crippen molar-refractivity contribution >= 4 is 29.2 Å². The van der Waals surface area contributed by atoms with Gasteiger partial charge >= 0.3 is 5.97 Å². The zero-order chi connectivity index (χ0) is 20.5. The van der Waals surface area contributed by atoms with Gasteiger partial charge in [0.2, 0.25) is 11.8 Å². The first-order valence-corrected chi connectivity index (χ1v) is 9.92. The standard InChI is InChI=1S/C21H29N3O4/c1-5-28-19(26)15-9-8-12-23(13-15)14(2)18(25)24-17-11-7-6-10-16(17)22-20(27)21(24,3)4/h6-7,10-11,14-15H,5,8-9,12-13H2,1-4H3,(H,22,27)/t14-,15+/m0/s1. The van der Waals surface area contributed by atoms with Crippen LogP contribution in [-0.2, 0) is 19.1 Å². The summed E-state index contributed by atoms with van der Waals surface area (Å²) in [6, 6.07) is 6.88. The lowest BCUT2D eigenvalue weighted by Crippen LogP contribution is -2.62. The van der Waals surface area contributed by atoms with Crippen molar-refractivity contribution in [1.29, 1.82) is 0 Å². The molecule has 3 rings (SSSR count). The van der Waals surface area contributed by atoms with Crippen molar-refractivity contribution in [2.24, 2.45) is 5.92 Å². The predicted molar refractivity (Wildman–Crippen MR) is 107 cm³/mol. The Bertz CT molecular complexity index is 777. The van der Waals surface area contributed by atoms with Crippen LogP contribution in [0.5, 0.6) is 0 Å². The van der Waals surface area contributed by atoms with Gasteiger partial charge < -0.3 is 10.1 Å². The molecule has 28 heavy (non-hydrogen) atoms. The highest BCUT2D eigenvalue weighted by Crippen LogP contribution is 2.37. The summed E-state index contributed by atoms with van der Waals surface area (Å²) in [6.07, 6.45) is 1.61. The Labute approximate surface area is 166 Å². The first-order valence-electron chi connectivity index (χ1n) is 9.92. The molecule has 0 unspecified atom stereocenters. The van der Waals surface area contributed by atoms with Crippen molar-refractivity contribution in [3.63, 3.8) is 0 Å². The molecule has 0 aliphatic carbocycles. The molecule has 2 heterocycles. The van der Waals surface area contributed by atoms with Crippen LogP contribution in [0.3, 0.4) is 0 Å². The van der Waals surface area contributed by atoms with Crippen LogP contribution >= 0.6 is 0 Å². The van der Waals surface area contributed by atoms with E-state index in [0.29, 0.717) is 24.5 Å². The number of esters is 1. The SMILES string of the molecule is CCOC(=O)[C@@H]1CCCN([C@@H](C)C(=O)N2c3ccccc3NC(=O)C2(C)C)C1. The summed E-state index contributed by atoms with van der Waals surface area (Å²) in [5, 5.41) is 2.88. The van der Waals surface area contributed by atoms with E-state index < -0.39 is 11.6 Å². The van der Waals surface area contributed by atoms with Gasteiger partial charge in [0.25, 0.3) is 0 Å². The maximum atomic E-state index is 13.5. The van der Waals surface area contributed by atoms with Gasteiger partial charge in [0.1, 0.15) is 5.54 Å². The second-order valence-corrected chi connectivity index (χ2v) is 7.97. The maximum Gasteiger partial charge on any atom is 0.310 e. The number of nitrogens with one attached hydrogen (secondary N) is 1. The number of rotatable bonds is 4. The molecule has 0 saturated carbocycles. The minimum Gasteiger partial charge on any atom is -0.466 e. The Morgan fingerprint density at radius 1 is 1.32 bits per heavy atom. The second-order valence-electron chi connectivity index (χ2n) is 7.97. The van der Waals surface area contributed by atoms with Gasteiger partial charge in [-0.3, -0.25) is 24.2 Å². The number of hydrogen-bond acceptors (Lipinski definition) is 5.